The number of nitrogens with one attached hydrogen (secondary N) is 1. The highest BCUT2D eigenvalue weighted by Crippen LogP contribution is 2.30. The van der Waals surface area contributed by atoms with Crippen molar-refractivity contribution < 1.29 is 36.2 Å². The quantitative estimate of drug-likeness (QED) is 0.453. The maximum atomic E-state index is 12.9. The molecule has 0 bridgehead atoms. The summed E-state index contributed by atoms with van der Waals surface area (Å²) in [6, 6.07) is 7.07. The number of ether oxygens (including phenoxy) is 1. The Morgan fingerprint density at radius 3 is 2.53 bits per heavy atom. The zero-order chi connectivity index (χ0) is 27.8. The minimum atomic E-state index is -5.08. The summed E-state index contributed by atoms with van der Waals surface area (Å²) in [6.45, 7) is 3.44. The van der Waals surface area contributed by atoms with Crippen molar-refractivity contribution in [2.24, 2.45) is 7.05 Å². The number of aromatic nitrogens is 4. The number of likely N-dealkylation sites (tertiary alicyclic amines) is 1. The van der Waals surface area contributed by atoms with E-state index >= 15 is 0 Å². The van der Waals surface area contributed by atoms with Crippen molar-refractivity contribution in [1.82, 2.24) is 24.6 Å². The number of sulfonamides is 1. The Balaban J connectivity index is 1.64. The second-order valence-electron chi connectivity index (χ2n) is 8.89. The van der Waals surface area contributed by atoms with Gasteiger partial charge < -0.3 is 14.7 Å². The molecule has 15 heteroatoms. The molecule has 1 unspecified atom stereocenters. The van der Waals surface area contributed by atoms with Crippen molar-refractivity contribution in [3.8, 4) is 17.1 Å². The van der Waals surface area contributed by atoms with Gasteiger partial charge in [0.05, 0.1) is 18.4 Å². The number of aliphatic hydroxyl groups is 1. The van der Waals surface area contributed by atoms with E-state index in [0.29, 0.717) is 5.69 Å². The number of carbonyl (C=O) groups excluding carboxylic acids is 1. The lowest BCUT2D eigenvalue weighted by atomic mass is 10.00. The molecule has 3 aromatic rings. The fraction of sp³-hybridized carbons (Fsp3) is 0.391. The Hall–Kier alpha value is -3.72. The maximum absolute atomic E-state index is 12.9. The van der Waals surface area contributed by atoms with Gasteiger partial charge in [0.1, 0.15) is 11.0 Å². The van der Waals surface area contributed by atoms with Crippen LogP contribution >= 0.6 is 0 Å². The van der Waals surface area contributed by atoms with Crippen LogP contribution in [0.3, 0.4) is 0 Å². The fourth-order valence-electron chi connectivity index (χ4n) is 4.10. The van der Waals surface area contributed by atoms with Crippen LogP contribution < -0.4 is 9.46 Å². The molecular formula is C23H25F3N6O5S. The Kier molecular flexibility index (Phi) is 7.34. The summed E-state index contributed by atoms with van der Waals surface area (Å²) in [5.41, 5.74) is 2.79. The fourth-order valence-corrected chi connectivity index (χ4v) is 5.03. The van der Waals surface area contributed by atoms with Crippen LogP contribution in [0.15, 0.2) is 41.6 Å². The number of nitrogens with zero attached hydrogens (tertiary/aromatic N) is 5. The van der Waals surface area contributed by atoms with Crippen molar-refractivity contribution in [1.29, 1.82) is 0 Å². The second-order valence-corrected chi connectivity index (χ2v) is 10.6. The lowest BCUT2D eigenvalue weighted by Crippen LogP contribution is -2.46. The van der Waals surface area contributed by atoms with E-state index in [0.717, 1.165) is 27.8 Å². The smallest absolute Gasteiger partial charge is 0.423 e. The van der Waals surface area contributed by atoms with Gasteiger partial charge in [-0.25, -0.2) is 18.1 Å². The van der Waals surface area contributed by atoms with E-state index in [9.17, 15) is 31.5 Å². The van der Waals surface area contributed by atoms with Crippen LogP contribution in [0.5, 0.6) is 5.88 Å². The molecular weight excluding hydrogens is 529 g/mol. The Morgan fingerprint density at radius 2 is 1.92 bits per heavy atom. The van der Waals surface area contributed by atoms with Gasteiger partial charge in [-0.3, -0.25) is 9.48 Å². The van der Waals surface area contributed by atoms with E-state index < -0.39 is 34.3 Å². The monoisotopic (exact) mass is 554 g/mol. The standard InChI is InChI=1S/C23H25F3N6O5S/c1-13-5-4-6-14(2)19(13)17-9-18(29-22(28-17)30-38(35,36)16-10-27-31(3)12-16)37-15-7-8-32(11-15)21(34)20(33)23(24,25)26/h4-6,9-10,12,15,20,33H,7-8,11H2,1-3H3,(H,28,29,30)/t15?,20-/m1/s1. The van der Waals surface area contributed by atoms with Gasteiger partial charge in [0.15, 0.2) is 0 Å². The summed E-state index contributed by atoms with van der Waals surface area (Å²) in [5.74, 6) is -1.80. The second kappa shape index (κ2) is 10.2. The molecule has 38 heavy (non-hydrogen) atoms. The Bertz CT molecular complexity index is 1440. The average Bonchev–Trinajstić information content (AvgIpc) is 3.46. The molecule has 11 nitrogen and oxygen atoms in total. The highest BCUT2D eigenvalue weighted by molar-refractivity contribution is 7.92. The van der Waals surface area contributed by atoms with Crippen molar-refractivity contribution in [3.63, 3.8) is 0 Å². The molecule has 1 aliphatic heterocycles. The van der Waals surface area contributed by atoms with Crippen molar-refractivity contribution in [2.75, 3.05) is 17.8 Å². The minimum Gasteiger partial charge on any atom is -0.472 e. The van der Waals surface area contributed by atoms with Gasteiger partial charge in [0, 0.05) is 37.8 Å². The zero-order valence-corrected chi connectivity index (χ0v) is 21.4. The van der Waals surface area contributed by atoms with Gasteiger partial charge >= 0.3 is 6.18 Å². The van der Waals surface area contributed by atoms with E-state index in [2.05, 4.69) is 19.8 Å². The lowest BCUT2D eigenvalue weighted by molar-refractivity contribution is -0.210. The summed E-state index contributed by atoms with van der Waals surface area (Å²) in [6.07, 6.45) is -6.31. The average molecular weight is 555 g/mol. The summed E-state index contributed by atoms with van der Waals surface area (Å²) in [5, 5.41) is 13.2. The predicted octanol–water partition coefficient (Wildman–Crippen LogP) is 2.20. The van der Waals surface area contributed by atoms with Crippen molar-refractivity contribution >= 4 is 21.9 Å². The van der Waals surface area contributed by atoms with Crippen molar-refractivity contribution in [2.45, 2.75) is 43.5 Å². The van der Waals surface area contributed by atoms with Crippen LogP contribution in [0.25, 0.3) is 11.3 Å². The van der Waals surface area contributed by atoms with Crippen LogP contribution in [0, 0.1) is 13.8 Å². The number of aryl methyl sites for hydroxylation is 3. The summed E-state index contributed by atoms with van der Waals surface area (Å²) in [4.78, 5) is 21.3. The molecule has 3 heterocycles. The first-order valence-corrected chi connectivity index (χ1v) is 12.9. The van der Waals surface area contributed by atoms with Gasteiger partial charge in [0.2, 0.25) is 17.9 Å². The number of halogens is 3. The molecule has 0 radical (unpaired) electrons. The van der Waals surface area contributed by atoms with E-state index in [1.807, 2.05) is 32.0 Å². The van der Waals surface area contributed by atoms with E-state index in [4.69, 9.17) is 4.74 Å². The predicted molar refractivity (Wildman–Crippen MR) is 129 cm³/mol. The van der Waals surface area contributed by atoms with E-state index in [1.54, 1.807) is 7.05 Å². The van der Waals surface area contributed by atoms with E-state index in [-0.39, 0.29) is 36.2 Å². The number of anilines is 1. The first kappa shape index (κ1) is 27.3. The lowest BCUT2D eigenvalue weighted by Gasteiger charge is -2.21. The maximum Gasteiger partial charge on any atom is 0.423 e. The van der Waals surface area contributed by atoms with Crippen molar-refractivity contribution in [3.05, 3.63) is 47.8 Å². The molecule has 1 aliphatic rings. The number of hydrogen-bond donors (Lipinski definition) is 2. The van der Waals surface area contributed by atoms with Crippen LogP contribution in [0.1, 0.15) is 17.5 Å². The van der Waals surface area contributed by atoms with Crippen LogP contribution in [-0.2, 0) is 21.9 Å². The number of rotatable bonds is 7. The third-order valence-corrected chi connectivity index (χ3v) is 7.23. The molecule has 0 saturated carbocycles. The summed E-state index contributed by atoms with van der Waals surface area (Å²) >= 11 is 0. The Labute approximate surface area is 216 Å². The normalized spacial score (nSPS) is 16.9. The van der Waals surface area contributed by atoms with Crippen LogP contribution in [0.4, 0.5) is 19.1 Å². The zero-order valence-electron chi connectivity index (χ0n) is 20.6. The number of carbonyl (C=O) groups is 1. The highest BCUT2D eigenvalue weighted by Gasteiger charge is 2.46. The first-order valence-electron chi connectivity index (χ1n) is 11.4. The molecule has 1 aromatic carbocycles. The highest BCUT2D eigenvalue weighted by atomic mass is 32.2. The molecule has 2 atom stereocenters. The summed E-state index contributed by atoms with van der Waals surface area (Å²) in [7, 11) is -2.54. The third kappa shape index (κ3) is 5.88. The number of aliphatic hydroxyl groups excluding tert-OH is 1. The largest absolute Gasteiger partial charge is 0.472 e. The van der Waals surface area contributed by atoms with Gasteiger partial charge in [-0.05, 0) is 25.0 Å². The van der Waals surface area contributed by atoms with Gasteiger partial charge in [-0.2, -0.15) is 23.3 Å². The SMILES string of the molecule is Cc1cccc(C)c1-c1cc(OC2CCN(C(=O)[C@@H](O)C(F)(F)F)C2)nc(NS(=O)(=O)c2cnn(C)c2)n1. The third-order valence-electron chi connectivity index (χ3n) is 5.95. The molecule has 0 aliphatic carbocycles. The topological polar surface area (TPSA) is 140 Å². The molecule has 1 amide bonds. The molecule has 0 spiro atoms. The number of alkyl halides is 3. The molecule has 2 N–H and O–H groups in total. The van der Waals surface area contributed by atoms with Crippen LogP contribution in [0.2, 0.25) is 0 Å². The molecule has 1 fully saturated rings. The van der Waals surface area contributed by atoms with Gasteiger partial charge in [-0.15, -0.1) is 0 Å². The van der Waals surface area contributed by atoms with Gasteiger partial charge in [0.25, 0.3) is 15.9 Å². The molecule has 4 rings (SSSR count). The van der Waals surface area contributed by atoms with Gasteiger partial charge in [-0.1, -0.05) is 18.2 Å². The minimum absolute atomic E-state index is 0.0443. The molecule has 1 saturated heterocycles. The van der Waals surface area contributed by atoms with Crippen LogP contribution in [-0.4, -0.2) is 75.6 Å². The molecule has 2 aromatic heterocycles. The number of benzene rings is 1. The van der Waals surface area contributed by atoms with E-state index in [1.165, 1.54) is 16.9 Å². The summed E-state index contributed by atoms with van der Waals surface area (Å²) < 4.78 is 73.5. The first-order chi connectivity index (χ1) is 17.7. The molecule has 204 valence electrons. The number of hydrogen-bond acceptors (Lipinski definition) is 8. The Morgan fingerprint density at radius 1 is 1.24 bits per heavy atom. The number of amides is 1.